The van der Waals surface area contributed by atoms with Crippen molar-refractivity contribution in [3.63, 3.8) is 0 Å². The molecule has 3 rings (SSSR count). The average Bonchev–Trinajstić information content (AvgIpc) is 2.98. The fraction of sp³-hybridized carbons (Fsp3) is 0.333. The van der Waals surface area contributed by atoms with Gasteiger partial charge in [0.25, 0.3) is 0 Å². The Morgan fingerprint density at radius 2 is 1.68 bits per heavy atom. The molecule has 0 aliphatic carbocycles. The number of anilines is 2. The fourth-order valence-electron chi connectivity index (χ4n) is 2.80. The zero-order chi connectivity index (χ0) is 20.5. The summed E-state index contributed by atoms with van der Waals surface area (Å²) in [5, 5.41) is 0. The number of rotatable bonds is 6. The van der Waals surface area contributed by atoms with Gasteiger partial charge in [0.1, 0.15) is 0 Å². The van der Waals surface area contributed by atoms with Crippen molar-refractivity contribution in [2.24, 2.45) is 0 Å². The van der Waals surface area contributed by atoms with Crippen molar-refractivity contribution in [3.8, 4) is 0 Å². The summed E-state index contributed by atoms with van der Waals surface area (Å²) in [6.07, 6.45) is 0.349. The number of benzene rings is 1. The fourth-order valence-corrected chi connectivity index (χ4v) is 3.80. The molecule has 2 aromatic rings. The summed E-state index contributed by atoms with van der Waals surface area (Å²) in [5.74, 6) is -0.0670. The van der Waals surface area contributed by atoms with E-state index < -0.39 is 10.0 Å². The molecule has 1 aliphatic rings. The third-order valence-corrected chi connectivity index (χ3v) is 5.61. The van der Waals surface area contributed by atoms with E-state index in [2.05, 4.69) is 14.7 Å². The van der Waals surface area contributed by atoms with Gasteiger partial charge in [-0.3, -0.25) is 14.5 Å². The highest BCUT2D eigenvalue weighted by atomic mass is 32.2. The number of hydrogen-bond donors (Lipinski definition) is 1. The third-order valence-electron chi connectivity index (χ3n) is 4.20. The van der Waals surface area contributed by atoms with Crippen LogP contribution in [-0.4, -0.2) is 44.3 Å². The van der Waals surface area contributed by atoms with E-state index in [1.807, 2.05) is 6.92 Å². The lowest BCUT2D eigenvalue weighted by Crippen LogP contribution is -2.28. The van der Waals surface area contributed by atoms with Crippen LogP contribution in [0.2, 0.25) is 0 Å². The van der Waals surface area contributed by atoms with Crippen LogP contribution in [0.3, 0.4) is 0 Å². The van der Waals surface area contributed by atoms with Gasteiger partial charge in [-0.05, 0) is 37.3 Å². The van der Waals surface area contributed by atoms with Gasteiger partial charge in [-0.2, -0.15) is 0 Å². The highest BCUT2D eigenvalue weighted by Gasteiger charge is 2.30. The summed E-state index contributed by atoms with van der Waals surface area (Å²) in [6, 6.07) is 7.35. The Kier molecular flexibility index (Phi) is 5.43. The lowest BCUT2D eigenvalue weighted by atomic mass is 10.3. The van der Waals surface area contributed by atoms with Crippen LogP contribution >= 0.6 is 0 Å². The van der Waals surface area contributed by atoms with Crippen LogP contribution in [0.5, 0.6) is 0 Å². The highest BCUT2D eigenvalue weighted by Crippen LogP contribution is 2.24. The minimum absolute atomic E-state index is 0.0113. The van der Waals surface area contributed by atoms with Gasteiger partial charge in [0.15, 0.2) is 0 Å². The molecule has 0 radical (unpaired) electrons. The van der Waals surface area contributed by atoms with Gasteiger partial charge in [-0.25, -0.2) is 23.1 Å². The van der Waals surface area contributed by atoms with Crippen molar-refractivity contribution in [2.75, 3.05) is 23.9 Å². The molecule has 1 aliphatic heterocycles. The second kappa shape index (κ2) is 7.64. The van der Waals surface area contributed by atoms with Crippen LogP contribution < -0.4 is 14.5 Å². The molecular formula is C18H21N5O4S. The Morgan fingerprint density at radius 3 is 2.25 bits per heavy atom. The largest absolute Gasteiger partial charge is 0.347 e. The second-order valence-corrected chi connectivity index (χ2v) is 8.40. The van der Waals surface area contributed by atoms with Crippen LogP contribution in [0, 0.1) is 6.92 Å². The molecule has 10 heteroatoms. The summed E-state index contributed by atoms with van der Waals surface area (Å²) < 4.78 is 27.6. The average molecular weight is 403 g/mol. The van der Waals surface area contributed by atoms with Gasteiger partial charge < -0.3 is 4.90 Å². The zero-order valence-electron chi connectivity index (χ0n) is 15.8. The summed E-state index contributed by atoms with van der Waals surface area (Å²) in [6.45, 7) is 1.82. The van der Waals surface area contributed by atoms with E-state index in [1.165, 1.54) is 24.3 Å². The maximum absolute atomic E-state index is 12.6. The minimum atomic E-state index is -3.78. The van der Waals surface area contributed by atoms with Gasteiger partial charge in [-0.1, -0.05) is 0 Å². The van der Waals surface area contributed by atoms with E-state index in [1.54, 1.807) is 25.1 Å². The molecule has 0 saturated carbocycles. The van der Waals surface area contributed by atoms with Crippen LogP contribution in [0.25, 0.3) is 0 Å². The molecular weight excluding hydrogens is 382 g/mol. The summed E-state index contributed by atoms with van der Waals surface area (Å²) >= 11 is 0. The number of hydrogen-bond acceptors (Lipinski definition) is 7. The van der Waals surface area contributed by atoms with E-state index >= 15 is 0 Å². The molecule has 0 atom stereocenters. The maximum Gasteiger partial charge on any atom is 0.240 e. The molecule has 0 unspecified atom stereocenters. The second-order valence-electron chi connectivity index (χ2n) is 6.64. The van der Waals surface area contributed by atoms with Gasteiger partial charge in [0.2, 0.25) is 27.8 Å². The van der Waals surface area contributed by atoms with E-state index in [4.69, 9.17) is 0 Å². The van der Waals surface area contributed by atoms with Crippen molar-refractivity contribution in [1.82, 2.24) is 14.7 Å². The number of imide groups is 1. The number of carbonyl (C=O) groups is 2. The normalized spacial score (nSPS) is 14.6. The molecule has 2 amide bonds. The lowest BCUT2D eigenvalue weighted by molar-refractivity contribution is -0.121. The molecule has 1 aromatic heterocycles. The van der Waals surface area contributed by atoms with Gasteiger partial charge in [0, 0.05) is 32.6 Å². The molecule has 9 nitrogen and oxygen atoms in total. The third kappa shape index (κ3) is 4.18. The van der Waals surface area contributed by atoms with Crippen molar-refractivity contribution >= 4 is 33.5 Å². The number of sulfonamides is 1. The van der Waals surface area contributed by atoms with E-state index in [0.29, 0.717) is 17.3 Å². The number of amides is 2. The molecule has 0 spiro atoms. The first-order valence-corrected chi connectivity index (χ1v) is 10.1. The number of nitrogens with one attached hydrogen (secondary N) is 1. The van der Waals surface area contributed by atoms with Crippen molar-refractivity contribution < 1.29 is 18.0 Å². The predicted octanol–water partition coefficient (Wildman–Crippen LogP) is 0.983. The van der Waals surface area contributed by atoms with Gasteiger partial charge in [0.05, 0.1) is 22.8 Å². The quantitative estimate of drug-likeness (QED) is 0.716. The Balaban J connectivity index is 1.75. The molecule has 1 fully saturated rings. The summed E-state index contributed by atoms with van der Waals surface area (Å²) in [5.41, 5.74) is 1.65. The molecule has 0 bridgehead atoms. The Hall–Kier alpha value is -2.85. The standard InChI is InChI=1S/C18H21N5O4S/c1-12-10-13(21-18(20-12)22(2)3)11-19-28(26,27)15-6-4-14(5-7-15)23-16(24)8-9-17(23)25/h4-7,10,19H,8-9,11H2,1-3H3. The molecule has 1 saturated heterocycles. The number of nitrogens with zero attached hydrogens (tertiary/aromatic N) is 4. The first kappa shape index (κ1) is 19.9. The number of carbonyl (C=O) groups excluding carboxylic acids is 2. The Bertz CT molecular complexity index is 1000. The van der Waals surface area contributed by atoms with Gasteiger partial charge in [-0.15, -0.1) is 0 Å². The van der Waals surface area contributed by atoms with Crippen LogP contribution in [0.15, 0.2) is 35.2 Å². The zero-order valence-corrected chi connectivity index (χ0v) is 16.7. The van der Waals surface area contributed by atoms with Crippen molar-refractivity contribution in [2.45, 2.75) is 31.2 Å². The number of aryl methyl sites for hydroxylation is 1. The van der Waals surface area contributed by atoms with Crippen molar-refractivity contribution in [1.29, 1.82) is 0 Å². The van der Waals surface area contributed by atoms with Crippen LogP contribution in [0.1, 0.15) is 24.2 Å². The highest BCUT2D eigenvalue weighted by molar-refractivity contribution is 7.89. The lowest BCUT2D eigenvalue weighted by Gasteiger charge is -2.15. The van der Waals surface area contributed by atoms with Crippen molar-refractivity contribution in [3.05, 3.63) is 41.7 Å². The van der Waals surface area contributed by atoms with Crippen LogP contribution in [-0.2, 0) is 26.2 Å². The smallest absolute Gasteiger partial charge is 0.240 e. The minimum Gasteiger partial charge on any atom is -0.347 e. The predicted molar refractivity (Wildman–Crippen MR) is 103 cm³/mol. The first-order valence-electron chi connectivity index (χ1n) is 8.65. The van der Waals surface area contributed by atoms with Crippen LogP contribution in [0.4, 0.5) is 11.6 Å². The molecule has 2 heterocycles. The topological polar surface area (TPSA) is 113 Å². The van der Waals surface area contributed by atoms with Gasteiger partial charge >= 0.3 is 0 Å². The number of aromatic nitrogens is 2. The Morgan fingerprint density at radius 1 is 1.07 bits per heavy atom. The maximum atomic E-state index is 12.6. The first-order chi connectivity index (χ1) is 13.2. The van der Waals surface area contributed by atoms with E-state index in [0.717, 1.165) is 10.6 Å². The molecule has 1 N–H and O–H groups in total. The SMILES string of the molecule is Cc1cc(CNS(=O)(=O)c2ccc(N3C(=O)CCC3=O)cc2)nc(N(C)C)n1. The molecule has 28 heavy (non-hydrogen) atoms. The summed E-state index contributed by atoms with van der Waals surface area (Å²) in [4.78, 5) is 35.0. The molecule has 148 valence electrons. The summed E-state index contributed by atoms with van der Waals surface area (Å²) in [7, 11) is -0.173. The molecule has 1 aromatic carbocycles. The Labute approximate surface area is 163 Å². The van der Waals surface area contributed by atoms with E-state index in [9.17, 15) is 18.0 Å². The van der Waals surface area contributed by atoms with E-state index in [-0.39, 0.29) is 36.1 Å². The monoisotopic (exact) mass is 403 g/mol.